The normalized spacial score (nSPS) is 11.1. The van der Waals surface area contributed by atoms with Crippen LogP contribution in [0.3, 0.4) is 0 Å². The number of nitrogens with zero attached hydrogens (tertiary/aromatic N) is 4. The molecule has 22 heavy (non-hydrogen) atoms. The van der Waals surface area contributed by atoms with Crippen molar-refractivity contribution in [2.75, 3.05) is 5.73 Å². The second kappa shape index (κ2) is 4.80. The van der Waals surface area contributed by atoms with E-state index in [-0.39, 0.29) is 0 Å². The number of fused-ring (bicyclic) bond motifs is 3. The topological polar surface area (TPSA) is 80.0 Å². The predicted octanol–water partition coefficient (Wildman–Crippen LogP) is 3.83. The van der Waals surface area contributed by atoms with Crippen molar-refractivity contribution in [3.8, 4) is 16.6 Å². The van der Waals surface area contributed by atoms with Crippen molar-refractivity contribution in [3.63, 3.8) is 0 Å². The van der Waals surface area contributed by atoms with Gasteiger partial charge in [-0.25, -0.2) is 9.97 Å². The largest absolute Gasteiger partial charge is 0.384 e. The van der Waals surface area contributed by atoms with Crippen LogP contribution >= 0.6 is 27.3 Å². The molecule has 7 heteroatoms. The lowest BCUT2D eigenvalue weighted by atomic mass is 10.2. The molecule has 0 bridgehead atoms. The van der Waals surface area contributed by atoms with Crippen LogP contribution in [0.15, 0.2) is 40.2 Å². The van der Waals surface area contributed by atoms with Gasteiger partial charge in [-0.15, -0.1) is 11.3 Å². The van der Waals surface area contributed by atoms with E-state index in [1.165, 1.54) is 11.3 Å². The first kappa shape index (κ1) is 13.2. The number of imidazole rings is 1. The first-order valence-corrected chi connectivity index (χ1v) is 8.07. The first-order valence-electron chi connectivity index (χ1n) is 6.40. The number of nitriles is 1. The van der Waals surface area contributed by atoms with Gasteiger partial charge in [0.15, 0.2) is 0 Å². The van der Waals surface area contributed by atoms with E-state index in [0.717, 1.165) is 20.4 Å². The van der Waals surface area contributed by atoms with Crippen LogP contribution in [0, 0.1) is 11.3 Å². The summed E-state index contributed by atoms with van der Waals surface area (Å²) in [4.78, 5) is 9.95. The van der Waals surface area contributed by atoms with Gasteiger partial charge in [-0.3, -0.25) is 4.40 Å². The van der Waals surface area contributed by atoms with E-state index in [9.17, 15) is 5.26 Å². The first-order chi connectivity index (χ1) is 10.7. The van der Waals surface area contributed by atoms with Crippen molar-refractivity contribution in [3.05, 3.63) is 45.7 Å². The minimum absolute atomic E-state index is 0.362. The summed E-state index contributed by atoms with van der Waals surface area (Å²) < 4.78 is 2.67. The highest BCUT2D eigenvalue weighted by atomic mass is 79.9. The van der Waals surface area contributed by atoms with Gasteiger partial charge in [-0.2, -0.15) is 5.26 Å². The molecule has 0 atom stereocenters. The Morgan fingerprint density at radius 3 is 2.82 bits per heavy atom. The van der Waals surface area contributed by atoms with E-state index in [1.807, 2.05) is 35.7 Å². The van der Waals surface area contributed by atoms with Gasteiger partial charge in [0.25, 0.3) is 0 Å². The second-order valence-electron chi connectivity index (χ2n) is 4.70. The quantitative estimate of drug-likeness (QED) is 0.552. The Morgan fingerprint density at radius 1 is 1.27 bits per heavy atom. The Morgan fingerprint density at radius 2 is 2.09 bits per heavy atom. The van der Waals surface area contributed by atoms with Crippen molar-refractivity contribution >= 4 is 49.9 Å². The summed E-state index contributed by atoms with van der Waals surface area (Å²) in [6, 6.07) is 11.7. The summed E-state index contributed by atoms with van der Waals surface area (Å²) in [6.45, 7) is 0. The number of rotatable bonds is 1. The summed E-state index contributed by atoms with van der Waals surface area (Å²) in [5.41, 5.74) is 8.82. The Kier molecular flexibility index (Phi) is 2.89. The van der Waals surface area contributed by atoms with Gasteiger partial charge in [0, 0.05) is 9.85 Å². The van der Waals surface area contributed by atoms with Gasteiger partial charge in [0.2, 0.25) is 5.78 Å². The lowest BCUT2D eigenvalue weighted by molar-refractivity contribution is 1.14. The molecule has 4 aromatic rings. The molecule has 0 radical (unpaired) electrons. The predicted molar refractivity (Wildman–Crippen MR) is 90.6 cm³/mol. The summed E-state index contributed by atoms with van der Waals surface area (Å²) >= 11 is 4.92. The number of hydrogen-bond acceptors (Lipinski definition) is 5. The Labute approximate surface area is 137 Å². The maximum atomic E-state index is 9.53. The number of benzene rings is 1. The molecule has 0 saturated heterocycles. The highest BCUT2D eigenvalue weighted by Crippen LogP contribution is 2.34. The van der Waals surface area contributed by atoms with Crippen molar-refractivity contribution in [2.24, 2.45) is 0 Å². The van der Waals surface area contributed by atoms with Crippen molar-refractivity contribution < 1.29 is 0 Å². The molecule has 0 aliphatic rings. The molecular weight excluding hydrogens is 362 g/mol. The number of thiophene rings is 1. The molecule has 0 fully saturated rings. The molecule has 106 valence electrons. The zero-order valence-corrected chi connectivity index (χ0v) is 13.5. The van der Waals surface area contributed by atoms with Gasteiger partial charge >= 0.3 is 0 Å². The Balaban J connectivity index is 2.15. The third-order valence-corrected chi connectivity index (χ3v) is 5.10. The fourth-order valence-electron chi connectivity index (χ4n) is 2.44. The monoisotopic (exact) mass is 369 g/mol. The number of anilines is 1. The van der Waals surface area contributed by atoms with E-state index in [0.29, 0.717) is 22.9 Å². The zero-order valence-electron chi connectivity index (χ0n) is 11.1. The second-order valence-corrected chi connectivity index (χ2v) is 6.52. The smallest absolute Gasteiger partial charge is 0.237 e. The standard InChI is InChI=1S/C15H8BrN5S/c16-8-5-12(22-7-8)13-9(6-17)14(18)21-11-4-2-1-3-10(11)19-15(21)20-13/h1-5,7H,18H2. The lowest BCUT2D eigenvalue weighted by Gasteiger charge is -2.07. The molecule has 0 spiro atoms. The lowest BCUT2D eigenvalue weighted by Crippen LogP contribution is -2.04. The van der Waals surface area contributed by atoms with Crippen LogP contribution in [0.25, 0.3) is 27.4 Å². The van der Waals surface area contributed by atoms with Crippen LogP contribution in [0.2, 0.25) is 0 Å². The number of hydrogen-bond donors (Lipinski definition) is 1. The minimum atomic E-state index is 0.362. The number of halogens is 1. The maximum absolute atomic E-state index is 9.53. The SMILES string of the molecule is N#Cc1c(-c2cc(Br)cs2)nc2nc3ccccc3n2c1N. The average Bonchev–Trinajstić information content (AvgIpc) is 3.10. The summed E-state index contributed by atoms with van der Waals surface area (Å²) in [5.74, 6) is 0.859. The van der Waals surface area contributed by atoms with Gasteiger partial charge < -0.3 is 5.73 Å². The molecule has 0 aliphatic heterocycles. The van der Waals surface area contributed by atoms with Crippen LogP contribution in [0.1, 0.15) is 5.56 Å². The van der Waals surface area contributed by atoms with Crippen LogP contribution in [0.4, 0.5) is 5.82 Å². The molecule has 4 rings (SSSR count). The zero-order chi connectivity index (χ0) is 15.3. The van der Waals surface area contributed by atoms with Crippen molar-refractivity contribution in [2.45, 2.75) is 0 Å². The molecule has 0 amide bonds. The van der Waals surface area contributed by atoms with Crippen molar-refractivity contribution in [1.29, 1.82) is 5.26 Å². The highest BCUT2D eigenvalue weighted by molar-refractivity contribution is 9.10. The number of nitrogen functional groups attached to an aromatic ring is 1. The maximum Gasteiger partial charge on any atom is 0.237 e. The minimum Gasteiger partial charge on any atom is -0.384 e. The number of nitrogens with two attached hydrogens (primary N) is 1. The van der Waals surface area contributed by atoms with E-state index in [2.05, 4.69) is 32.0 Å². The van der Waals surface area contributed by atoms with E-state index >= 15 is 0 Å². The van der Waals surface area contributed by atoms with Crippen LogP contribution < -0.4 is 5.73 Å². The molecule has 2 N–H and O–H groups in total. The van der Waals surface area contributed by atoms with Crippen LogP contribution in [-0.2, 0) is 0 Å². The van der Waals surface area contributed by atoms with E-state index < -0.39 is 0 Å². The van der Waals surface area contributed by atoms with Gasteiger partial charge in [0.05, 0.1) is 15.9 Å². The van der Waals surface area contributed by atoms with Crippen LogP contribution in [0.5, 0.6) is 0 Å². The highest BCUT2D eigenvalue weighted by Gasteiger charge is 2.18. The number of para-hydroxylation sites is 2. The molecular formula is C15H8BrN5S. The summed E-state index contributed by atoms with van der Waals surface area (Å²) in [5, 5.41) is 11.5. The summed E-state index contributed by atoms with van der Waals surface area (Å²) in [6.07, 6.45) is 0. The molecule has 0 aliphatic carbocycles. The van der Waals surface area contributed by atoms with Gasteiger partial charge in [-0.1, -0.05) is 12.1 Å². The van der Waals surface area contributed by atoms with E-state index in [1.54, 1.807) is 4.40 Å². The molecule has 3 heterocycles. The van der Waals surface area contributed by atoms with Crippen LogP contribution in [-0.4, -0.2) is 14.4 Å². The average molecular weight is 370 g/mol. The van der Waals surface area contributed by atoms with Gasteiger partial charge in [-0.05, 0) is 34.1 Å². The molecule has 1 aromatic carbocycles. The molecule has 3 aromatic heterocycles. The molecule has 0 unspecified atom stereocenters. The molecule has 5 nitrogen and oxygen atoms in total. The third kappa shape index (κ3) is 1.81. The van der Waals surface area contributed by atoms with E-state index in [4.69, 9.17) is 5.73 Å². The Hall–Kier alpha value is -2.43. The fourth-order valence-corrected chi connectivity index (χ4v) is 3.86. The molecule has 0 saturated carbocycles. The summed E-state index contributed by atoms with van der Waals surface area (Å²) in [7, 11) is 0. The van der Waals surface area contributed by atoms with Crippen molar-refractivity contribution in [1.82, 2.24) is 14.4 Å². The number of aromatic nitrogens is 3. The van der Waals surface area contributed by atoms with Gasteiger partial charge in [0.1, 0.15) is 23.1 Å². The Bertz CT molecular complexity index is 1070. The fraction of sp³-hybridized carbons (Fsp3) is 0. The third-order valence-electron chi connectivity index (χ3n) is 3.40.